The first-order valence-electron chi connectivity index (χ1n) is 5.35. The number of H-pyrrole nitrogens is 1. The number of nitrogens with one attached hydrogen (secondary N) is 2. The van der Waals surface area contributed by atoms with Gasteiger partial charge < -0.3 is 15.2 Å². The van der Waals surface area contributed by atoms with Crippen LogP contribution in [0.5, 0.6) is 0 Å². The summed E-state index contributed by atoms with van der Waals surface area (Å²) in [6, 6.07) is 0. The Bertz CT molecular complexity index is 465. The molecule has 0 aromatic carbocycles. The van der Waals surface area contributed by atoms with Crippen molar-refractivity contribution < 1.29 is 14.6 Å². The van der Waals surface area contributed by atoms with Crippen LogP contribution < -0.4 is 10.9 Å². The average molecular weight is 239 g/mol. The molecule has 0 aliphatic carbocycles. The molecular weight excluding hydrogens is 226 g/mol. The van der Waals surface area contributed by atoms with Crippen LogP contribution in [-0.2, 0) is 4.74 Å². The van der Waals surface area contributed by atoms with Crippen molar-refractivity contribution >= 4 is 11.9 Å². The van der Waals surface area contributed by atoms with Crippen LogP contribution in [0.4, 0.5) is 5.95 Å². The molecule has 7 nitrogen and oxygen atoms in total. The maximum atomic E-state index is 11.3. The normalized spacial score (nSPS) is 19.2. The molecule has 2 heterocycles. The van der Waals surface area contributed by atoms with Gasteiger partial charge in [-0.3, -0.25) is 9.78 Å². The summed E-state index contributed by atoms with van der Waals surface area (Å²) in [4.78, 5) is 28.1. The van der Waals surface area contributed by atoms with Gasteiger partial charge in [0.2, 0.25) is 5.95 Å². The molecule has 2 rings (SSSR count). The molecule has 0 saturated carbocycles. The minimum absolute atomic E-state index is 0.124. The average Bonchev–Trinajstić information content (AvgIpc) is 2.78. The van der Waals surface area contributed by atoms with E-state index in [-0.39, 0.29) is 17.6 Å². The highest BCUT2D eigenvalue weighted by molar-refractivity contribution is 5.86. The van der Waals surface area contributed by atoms with Gasteiger partial charge in [-0.15, -0.1) is 0 Å². The first kappa shape index (κ1) is 11.6. The summed E-state index contributed by atoms with van der Waals surface area (Å²) in [6.45, 7) is 1.31. The lowest BCUT2D eigenvalue weighted by Gasteiger charge is -2.10. The molecule has 1 aromatic rings. The molecule has 0 unspecified atom stereocenters. The van der Waals surface area contributed by atoms with Gasteiger partial charge in [-0.1, -0.05) is 0 Å². The Labute approximate surface area is 96.8 Å². The number of aromatic carboxylic acids is 1. The van der Waals surface area contributed by atoms with E-state index in [0.29, 0.717) is 6.54 Å². The van der Waals surface area contributed by atoms with Crippen LogP contribution in [0.2, 0.25) is 0 Å². The van der Waals surface area contributed by atoms with Gasteiger partial charge in [0.05, 0.1) is 12.3 Å². The van der Waals surface area contributed by atoms with E-state index in [1.54, 1.807) is 0 Å². The highest BCUT2D eigenvalue weighted by Gasteiger charge is 2.15. The minimum Gasteiger partial charge on any atom is -0.477 e. The van der Waals surface area contributed by atoms with Crippen molar-refractivity contribution in [2.24, 2.45) is 0 Å². The maximum Gasteiger partial charge on any atom is 0.342 e. The summed E-state index contributed by atoms with van der Waals surface area (Å²) in [5, 5.41) is 11.6. The maximum absolute atomic E-state index is 11.3. The minimum atomic E-state index is -1.29. The summed E-state index contributed by atoms with van der Waals surface area (Å²) < 4.78 is 5.39. The zero-order valence-corrected chi connectivity index (χ0v) is 9.10. The van der Waals surface area contributed by atoms with Crippen LogP contribution in [0.25, 0.3) is 0 Å². The number of carbonyl (C=O) groups is 1. The second-order valence-electron chi connectivity index (χ2n) is 3.80. The Hall–Kier alpha value is -1.89. The second-order valence-corrected chi connectivity index (χ2v) is 3.80. The molecular formula is C10H13N3O4. The van der Waals surface area contributed by atoms with Crippen molar-refractivity contribution in [2.45, 2.75) is 18.9 Å². The van der Waals surface area contributed by atoms with Crippen LogP contribution in [-0.4, -0.2) is 40.3 Å². The molecule has 1 aliphatic rings. The van der Waals surface area contributed by atoms with Gasteiger partial charge in [-0.25, -0.2) is 9.78 Å². The third-order valence-corrected chi connectivity index (χ3v) is 2.55. The van der Waals surface area contributed by atoms with Crippen molar-refractivity contribution in [1.82, 2.24) is 9.97 Å². The lowest BCUT2D eigenvalue weighted by Crippen LogP contribution is -2.24. The number of carboxylic acids is 1. The summed E-state index contributed by atoms with van der Waals surface area (Å²) in [7, 11) is 0. The largest absolute Gasteiger partial charge is 0.477 e. The van der Waals surface area contributed by atoms with Crippen molar-refractivity contribution in [3.05, 3.63) is 22.1 Å². The van der Waals surface area contributed by atoms with Gasteiger partial charge >= 0.3 is 5.97 Å². The molecule has 0 amide bonds. The Morgan fingerprint density at radius 1 is 1.71 bits per heavy atom. The zero-order valence-electron chi connectivity index (χ0n) is 9.10. The van der Waals surface area contributed by atoms with Crippen molar-refractivity contribution in [1.29, 1.82) is 0 Å². The van der Waals surface area contributed by atoms with E-state index >= 15 is 0 Å². The number of aromatic nitrogens is 2. The highest BCUT2D eigenvalue weighted by atomic mass is 16.5. The number of carboxylic acid groups (broad SMARTS) is 1. The Morgan fingerprint density at radius 3 is 3.12 bits per heavy atom. The van der Waals surface area contributed by atoms with Gasteiger partial charge in [-0.05, 0) is 12.8 Å². The van der Waals surface area contributed by atoms with Gasteiger partial charge in [-0.2, -0.15) is 0 Å². The number of hydrogen-bond donors (Lipinski definition) is 3. The van der Waals surface area contributed by atoms with E-state index in [2.05, 4.69) is 15.3 Å². The predicted octanol–water partition coefficient (Wildman–Crippen LogP) is 0.0590. The first-order chi connectivity index (χ1) is 8.16. The molecule has 3 N–H and O–H groups in total. The monoisotopic (exact) mass is 239 g/mol. The lowest BCUT2D eigenvalue weighted by molar-refractivity contribution is 0.0694. The van der Waals surface area contributed by atoms with Gasteiger partial charge in [0.1, 0.15) is 5.56 Å². The van der Waals surface area contributed by atoms with Crippen LogP contribution in [0.3, 0.4) is 0 Å². The lowest BCUT2D eigenvalue weighted by atomic mass is 10.2. The van der Waals surface area contributed by atoms with E-state index in [0.717, 1.165) is 25.6 Å². The number of aromatic amines is 1. The van der Waals surface area contributed by atoms with E-state index in [9.17, 15) is 9.59 Å². The van der Waals surface area contributed by atoms with Crippen molar-refractivity contribution in [2.75, 3.05) is 18.5 Å². The summed E-state index contributed by atoms with van der Waals surface area (Å²) in [5.74, 6) is -1.03. The third-order valence-electron chi connectivity index (χ3n) is 2.55. The highest BCUT2D eigenvalue weighted by Crippen LogP contribution is 2.11. The fourth-order valence-electron chi connectivity index (χ4n) is 1.65. The molecule has 0 bridgehead atoms. The topological polar surface area (TPSA) is 104 Å². The van der Waals surface area contributed by atoms with Crippen LogP contribution >= 0.6 is 0 Å². The predicted molar refractivity (Wildman–Crippen MR) is 59.3 cm³/mol. The standard InChI is InChI=1S/C10H13N3O4/c14-8-7(9(15)16)5-12-10(13-8)11-4-6-2-1-3-17-6/h5-6H,1-4H2,(H,15,16)(H2,11,12,13,14)/t6-/m0/s1. The SMILES string of the molecule is O=C(O)c1cnc(NC[C@@H]2CCCO2)[nH]c1=O. The molecule has 1 atom stereocenters. The van der Waals surface area contributed by atoms with E-state index in [4.69, 9.17) is 9.84 Å². The molecule has 92 valence electrons. The molecule has 1 fully saturated rings. The number of rotatable bonds is 4. The fraction of sp³-hybridized carbons (Fsp3) is 0.500. The van der Waals surface area contributed by atoms with Crippen LogP contribution in [0.15, 0.2) is 11.0 Å². The third kappa shape index (κ3) is 2.82. The zero-order chi connectivity index (χ0) is 12.3. The quantitative estimate of drug-likeness (QED) is 0.686. The molecule has 7 heteroatoms. The van der Waals surface area contributed by atoms with Crippen LogP contribution in [0.1, 0.15) is 23.2 Å². The summed E-state index contributed by atoms with van der Waals surface area (Å²) >= 11 is 0. The van der Waals surface area contributed by atoms with Gasteiger partial charge in [0.25, 0.3) is 5.56 Å². The van der Waals surface area contributed by atoms with Gasteiger partial charge in [0, 0.05) is 13.2 Å². The van der Waals surface area contributed by atoms with Crippen molar-refractivity contribution in [3.8, 4) is 0 Å². The number of ether oxygens (including phenoxy) is 1. The van der Waals surface area contributed by atoms with Crippen LogP contribution in [0, 0.1) is 0 Å². The Morgan fingerprint density at radius 2 is 2.53 bits per heavy atom. The number of hydrogen-bond acceptors (Lipinski definition) is 5. The molecule has 1 aromatic heterocycles. The summed E-state index contributed by atoms with van der Waals surface area (Å²) in [5.41, 5.74) is -1.03. The molecule has 1 saturated heterocycles. The molecule has 0 radical (unpaired) electrons. The molecule has 0 spiro atoms. The number of nitrogens with zero attached hydrogens (tertiary/aromatic N) is 1. The smallest absolute Gasteiger partial charge is 0.342 e. The van der Waals surface area contributed by atoms with E-state index in [1.165, 1.54) is 0 Å². The second kappa shape index (κ2) is 4.96. The Kier molecular flexibility index (Phi) is 3.38. The molecule has 1 aliphatic heterocycles. The number of anilines is 1. The first-order valence-corrected chi connectivity index (χ1v) is 5.35. The fourth-order valence-corrected chi connectivity index (χ4v) is 1.65. The van der Waals surface area contributed by atoms with Crippen molar-refractivity contribution in [3.63, 3.8) is 0 Å². The summed E-state index contributed by atoms with van der Waals surface area (Å²) in [6.07, 6.45) is 3.18. The van der Waals surface area contributed by atoms with Gasteiger partial charge in [0.15, 0.2) is 0 Å². The van der Waals surface area contributed by atoms with E-state index < -0.39 is 11.5 Å². The molecule has 17 heavy (non-hydrogen) atoms. The van der Waals surface area contributed by atoms with E-state index in [1.807, 2.05) is 0 Å². The Balaban J connectivity index is 1.99.